The smallest absolute Gasteiger partial charge is 0.191 e. The minimum Gasteiger partial charge on any atom is -0.463 e. The van der Waals surface area contributed by atoms with Gasteiger partial charge in [0.05, 0.1) is 19.8 Å². The molecule has 1 aromatic heterocycles. The SMILES string of the molecule is CCNC(=NCC(C)(O)c1ccc(C)o1)NCCCOCCOC. The van der Waals surface area contributed by atoms with E-state index in [2.05, 4.69) is 15.6 Å². The fourth-order valence-corrected chi connectivity index (χ4v) is 2.00. The molecule has 1 rings (SSSR count). The van der Waals surface area contributed by atoms with E-state index in [1.54, 1.807) is 20.1 Å². The summed E-state index contributed by atoms with van der Waals surface area (Å²) in [6.07, 6.45) is 0.863. The van der Waals surface area contributed by atoms with Gasteiger partial charge in [-0.2, -0.15) is 0 Å². The molecule has 0 bridgehead atoms. The highest BCUT2D eigenvalue weighted by Crippen LogP contribution is 2.22. The standard InChI is InChI=1S/C17H31N3O4/c1-5-18-16(19-9-6-10-23-12-11-22-4)20-13-17(3,21)15-8-7-14(2)24-15/h7-8,21H,5-6,9-13H2,1-4H3,(H2,18,19,20). The predicted molar refractivity (Wildman–Crippen MR) is 94.3 cm³/mol. The first kappa shape index (κ1) is 20.5. The summed E-state index contributed by atoms with van der Waals surface area (Å²) in [5.74, 6) is 1.96. The molecule has 0 amide bonds. The van der Waals surface area contributed by atoms with Gasteiger partial charge in [0.25, 0.3) is 0 Å². The third-order valence-electron chi connectivity index (χ3n) is 3.35. The maximum atomic E-state index is 10.5. The van der Waals surface area contributed by atoms with Gasteiger partial charge >= 0.3 is 0 Å². The number of aliphatic imine (C=N–C) groups is 1. The van der Waals surface area contributed by atoms with E-state index < -0.39 is 5.60 Å². The molecule has 0 saturated heterocycles. The first-order valence-electron chi connectivity index (χ1n) is 8.37. The van der Waals surface area contributed by atoms with E-state index >= 15 is 0 Å². The van der Waals surface area contributed by atoms with Gasteiger partial charge in [-0.05, 0) is 39.3 Å². The van der Waals surface area contributed by atoms with Crippen LogP contribution in [0.3, 0.4) is 0 Å². The molecule has 0 radical (unpaired) electrons. The minimum atomic E-state index is -1.14. The number of aryl methyl sites for hydroxylation is 1. The van der Waals surface area contributed by atoms with Crippen molar-refractivity contribution in [2.75, 3.05) is 46.6 Å². The van der Waals surface area contributed by atoms with Crippen molar-refractivity contribution in [2.45, 2.75) is 32.8 Å². The van der Waals surface area contributed by atoms with Crippen molar-refractivity contribution in [3.8, 4) is 0 Å². The van der Waals surface area contributed by atoms with Gasteiger partial charge in [-0.25, -0.2) is 4.99 Å². The Kier molecular flexibility index (Phi) is 9.44. The highest BCUT2D eigenvalue weighted by atomic mass is 16.5. The zero-order valence-electron chi connectivity index (χ0n) is 15.2. The summed E-state index contributed by atoms with van der Waals surface area (Å²) in [6, 6.07) is 3.61. The Morgan fingerprint density at radius 2 is 2.08 bits per heavy atom. The molecule has 0 spiro atoms. The molecular weight excluding hydrogens is 310 g/mol. The van der Waals surface area contributed by atoms with Gasteiger partial charge in [-0.15, -0.1) is 0 Å². The molecule has 24 heavy (non-hydrogen) atoms. The van der Waals surface area contributed by atoms with Gasteiger partial charge in [-0.3, -0.25) is 0 Å². The summed E-state index contributed by atoms with van der Waals surface area (Å²) in [6.45, 7) is 9.12. The number of rotatable bonds is 11. The van der Waals surface area contributed by atoms with Gasteiger partial charge in [0.2, 0.25) is 0 Å². The molecule has 0 saturated carbocycles. The second-order valence-corrected chi connectivity index (χ2v) is 5.76. The fourth-order valence-electron chi connectivity index (χ4n) is 2.00. The largest absolute Gasteiger partial charge is 0.463 e. The van der Waals surface area contributed by atoms with Crippen LogP contribution in [0.5, 0.6) is 0 Å². The normalized spacial score (nSPS) is 14.5. The number of guanidine groups is 1. The van der Waals surface area contributed by atoms with E-state index in [-0.39, 0.29) is 6.54 Å². The van der Waals surface area contributed by atoms with Crippen LogP contribution in [-0.2, 0) is 15.1 Å². The van der Waals surface area contributed by atoms with Gasteiger partial charge in [0.1, 0.15) is 17.1 Å². The lowest BCUT2D eigenvalue weighted by Gasteiger charge is -2.19. The van der Waals surface area contributed by atoms with Crippen LogP contribution in [0, 0.1) is 6.92 Å². The fraction of sp³-hybridized carbons (Fsp3) is 0.706. The summed E-state index contributed by atoms with van der Waals surface area (Å²) in [4.78, 5) is 4.44. The third kappa shape index (κ3) is 7.81. The van der Waals surface area contributed by atoms with Crippen molar-refractivity contribution in [2.24, 2.45) is 4.99 Å². The number of methoxy groups -OCH3 is 1. The highest BCUT2D eigenvalue weighted by Gasteiger charge is 2.26. The molecule has 7 nitrogen and oxygen atoms in total. The number of hydrogen-bond donors (Lipinski definition) is 3. The quantitative estimate of drug-likeness (QED) is 0.320. The summed E-state index contributed by atoms with van der Waals surface area (Å²) >= 11 is 0. The maximum Gasteiger partial charge on any atom is 0.191 e. The number of ether oxygens (including phenoxy) is 2. The van der Waals surface area contributed by atoms with E-state index in [4.69, 9.17) is 13.9 Å². The molecule has 3 N–H and O–H groups in total. The first-order chi connectivity index (χ1) is 11.5. The van der Waals surface area contributed by atoms with Crippen LogP contribution >= 0.6 is 0 Å². The Labute approximate surface area is 144 Å². The van der Waals surface area contributed by atoms with Gasteiger partial charge in [0, 0.05) is 26.8 Å². The Hall–Kier alpha value is -1.57. The number of nitrogens with one attached hydrogen (secondary N) is 2. The lowest BCUT2D eigenvalue weighted by molar-refractivity contribution is 0.0428. The average Bonchev–Trinajstić information content (AvgIpc) is 2.99. The molecule has 0 fully saturated rings. The van der Waals surface area contributed by atoms with E-state index in [1.165, 1.54) is 0 Å². The number of hydrogen-bond acceptors (Lipinski definition) is 5. The molecule has 0 aliphatic carbocycles. The second kappa shape index (κ2) is 11.1. The molecule has 1 atom stereocenters. The molecule has 1 aromatic rings. The zero-order valence-corrected chi connectivity index (χ0v) is 15.2. The number of furan rings is 1. The summed E-state index contributed by atoms with van der Waals surface area (Å²) in [5, 5.41) is 16.9. The number of aliphatic hydroxyl groups is 1. The monoisotopic (exact) mass is 341 g/mol. The molecule has 1 unspecified atom stereocenters. The van der Waals surface area contributed by atoms with Crippen molar-refractivity contribution in [3.63, 3.8) is 0 Å². The second-order valence-electron chi connectivity index (χ2n) is 5.76. The van der Waals surface area contributed by atoms with Gasteiger partial charge in [-0.1, -0.05) is 0 Å². The lowest BCUT2D eigenvalue weighted by Crippen LogP contribution is -2.39. The van der Waals surface area contributed by atoms with E-state index in [1.807, 2.05) is 19.9 Å². The van der Waals surface area contributed by atoms with Crippen LogP contribution in [0.25, 0.3) is 0 Å². The molecule has 0 aliphatic rings. The van der Waals surface area contributed by atoms with Crippen LogP contribution in [0.15, 0.2) is 21.5 Å². The molecule has 7 heteroatoms. The van der Waals surface area contributed by atoms with Crippen molar-refractivity contribution in [1.29, 1.82) is 0 Å². The Morgan fingerprint density at radius 1 is 1.29 bits per heavy atom. The van der Waals surface area contributed by atoms with E-state index in [9.17, 15) is 5.11 Å². The predicted octanol–water partition coefficient (Wildman–Crippen LogP) is 1.40. The summed E-state index contributed by atoms with van der Waals surface area (Å²) in [5.41, 5.74) is -1.14. The molecule has 0 aromatic carbocycles. The van der Waals surface area contributed by atoms with E-state index in [0.717, 1.165) is 25.3 Å². The van der Waals surface area contributed by atoms with Crippen LogP contribution in [-0.4, -0.2) is 57.6 Å². The third-order valence-corrected chi connectivity index (χ3v) is 3.35. The minimum absolute atomic E-state index is 0.208. The van der Waals surface area contributed by atoms with Crippen LogP contribution in [0.4, 0.5) is 0 Å². The maximum absolute atomic E-state index is 10.5. The lowest BCUT2D eigenvalue weighted by atomic mass is 10.0. The molecule has 138 valence electrons. The molecular formula is C17H31N3O4. The topological polar surface area (TPSA) is 88.3 Å². The first-order valence-corrected chi connectivity index (χ1v) is 8.37. The average molecular weight is 341 g/mol. The Balaban J connectivity index is 2.41. The zero-order chi connectivity index (χ0) is 17.8. The molecule has 0 aliphatic heterocycles. The van der Waals surface area contributed by atoms with Crippen LogP contribution < -0.4 is 10.6 Å². The molecule has 1 heterocycles. The Bertz CT molecular complexity index is 486. The van der Waals surface area contributed by atoms with Crippen LogP contribution in [0.1, 0.15) is 31.8 Å². The summed E-state index contributed by atoms with van der Waals surface area (Å²) in [7, 11) is 1.66. The summed E-state index contributed by atoms with van der Waals surface area (Å²) < 4.78 is 15.8. The van der Waals surface area contributed by atoms with Crippen molar-refractivity contribution in [3.05, 3.63) is 23.7 Å². The van der Waals surface area contributed by atoms with Crippen LogP contribution in [0.2, 0.25) is 0 Å². The van der Waals surface area contributed by atoms with Crippen molar-refractivity contribution < 1.29 is 19.0 Å². The van der Waals surface area contributed by atoms with Gasteiger partial charge in [0.15, 0.2) is 5.96 Å². The van der Waals surface area contributed by atoms with Crippen molar-refractivity contribution >= 4 is 5.96 Å². The van der Waals surface area contributed by atoms with E-state index in [0.29, 0.717) is 31.5 Å². The number of nitrogens with zero attached hydrogens (tertiary/aromatic N) is 1. The van der Waals surface area contributed by atoms with Crippen molar-refractivity contribution in [1.82, 2.24) is 10.6 Å². The van der Waals surface area contributed by atoms with Gasteiger partial charge < -0.3 is 29.6 Å². The highest BCUT2D eigenvalue weighted by molar-refractivity contribution is 5.79. The Morgan fingerprint density at radius 3 is 2.71 bits per heavy atom.